The highest BCUT2D eigenvalue weighted by atomic mass is 32.1. The molecule has 0 atom stereocenters. The summed E-state index contributed by atoms with van der Waals surface area (Å²) in [4.78, 5) is 16.6. The summed E-state index contributed by atoms with van der Waals surface area (Å²) in [5.74, 6) is -0.148. The molecule has 1 saturated heterocycles. The molecule has 0 aromatic heterocycles. The standard InChI is InChI=1S/C19H21N3OS/c1-15-7-9-16(10-8-15)18(23)20-19(24)22-13-11-21(12-14-22)17-5-3-2-4-6-17/h2-10H,11-14H2,1H3,(H,20,23,24). The van der Waals surface area contributed by atoms with Gasteiger partial charge in [-0.1, -0.05) is 35.9 Å². The lowest BCUT2D eigenvalue weighted by molar-refractivity contribution is 0.0973. The van der Waals surface area contributed by atoms with Gasteiger partial charge in [0.1, 0.15) is 0 Å². The second-order valence-corrected chi connectivity index (χ2v) is 6.32. The van der Waals surface area contributed by atoms with E-state index in [9.17, 15) is 4.79 Å². The van der Waals surface area contributed by atoms with Gasteiger partial charge in [-0.15, -0.1) is 0 Å². The average Bonchev–Trinajstić information content (AvgIpc) is 2.63. The first-order valence-corrected chi connectivity index (χ1v) is 8.51. The van der Waals surface area contributed by atoms with Gasteiger partial charge in [0, 0.05) is 37.4 Å². The summed E-state index contributed by atoms with van der Waals surface area (Å²) in [5.41, 5.74) is 2.99. The lowest BCUT2D eigenvalue weighted by Gasteiger charge is -2.37. The minimum absolute atomic E-state index is 0.148. The zero-order valence-corrected chi connectivity index (χ0v) is 14.6. The molecule has 1 amide bonds. The van der Waals surface area contributed by atoms with Crippen molar-refractivity contribution in [3.63, 3.8) is 0 Å². The molecule has 1 fully saturated rings. The fourth-order valence-corrected chi connectivity index (χ4v) is 3.04. The summed E-state index contributed by atoms with van der Waals surface area (Å²) in [6, 6.07) is 17.9. The normalized spacial score (nSPS) is 14.4. The van der Waals surface area contributed by atoms with Gasteiger partial charge in [0.15, 0.2) is 5.11 Å². The molecule has 0 unspecified atom stereocenters. The van der Waals surface area contributed by atoms with Crippen LogP contribution in [0.1, 0.15) is 15.9 Å². The van der Waals surface area contributed by atoms with E-state index in [0.29, 0.717) is 10.7 Å². The Bertz CT molecular complexity index is 707. The molecule has 2 aromatic carbocycles. The van der Waals surface area contributed by atoms with E-state index >= 15 is 0 Å². The summed E-state index contributed by atoms with van der Waals surface area (Å²) < 4.78 is 0. The van der Waals surface area contributed by atoms with Crippen LogP contribution in [0.4, 0.5) is 5.69 Å². The van der Waals surface area contributed by atoms with Gasteiger partial charge in [0.25, 0.3) is 5.91 Å². The molecule has 5 heteroatoms. The van der Waals surface area contributed by atoms with Crippen LogP contribution in [0, 0.1) is 6.92 Å². The van der Waals surface area contributed by atoms with Gasteiger partial charge in [0.2, 0.25) is 0 Å². The Hall–Kier alpha value is -2.40. The van der Waals surface area contributed by atoms with E-state index in [1.165, 1.54) is 5.69 Å². The number of benzene rings is 2. The zero-order chi connectivity index (χ0) is 16.9. The van der Waals surface area contributed by atoms with Crippen LogP contribution in [-0.4, -0.2) is 42.1 Å². The number of thiocarbonyl (C=S) groups is 1. The highest BCUT2D eigenvalue weighted by molar-refractivity contribution is 7.80. The number of carbonyl (C=O) groups is 1. The second-order valence-electron chi connectivity index (χ2n) is 5.93. The molecule has 0 radical (unpaired) electrons. The highest BCUT2D eigenvalue weighted by Gasteiger charge is 2.20. The molecule has 1 aliphatic rings. The molecular weight excluding hydrogens is 318 g/mol. The van der Waals surface area contributed by atoms with Crippen molar-refractivity contribution in [3.8, 4) is 0 Å². The zero-order valence-electron chi connectivity index (χ0n) is 13.7. The topological polar surface area (TPSA) is 35.6 Å². The number of hydrogen-bond acceptors (Lipinski definition) is 3. The number of aryl methyl sites for hydroxylation is 1. The number of rotatable bonds is 2. The minimum Gasteiger partial charge on any atom is -0.368 e. The number of hydrogen-bond donors (Lipinski definition) is 1. The molecule has 1 N–H and O–H groups in total. The number of para-hydroxylation sites is 1. The summed E-state index contributed by atoms with van der Waals surface area (Å²) in [6.45, 7) is 5.40. The van der Waals surface area contributed by atoms with Gasteiger partial charge < -0.3 is 9.80 Å². The maximum atomic E-state index is 12.3. The third-order valence-electron chi connectivity index (χ3n) is 4.22. The van der Waals surface area contributed by atoms with Crippen molar-refractivity contribution >= 4 is 28.9 Å². The van der Waals surface area contributed by atoms with Crippen LogP contribution < -0.4 is 10.2 Å². The largest absolute Gasteiger partial charge is 0.368 e. The van der Waals surface area contributed by atoms with E-state index in [2.05, 4.69) is 27.2 Å². The smallest absolute Gasteiger partial charge is 0.257 e. The first-order chi connectivity index (χ1) is 11.6. The molecule has 0 saturated carbocycles. The van der Waals surface area contributed by atoms with Crippen molar-refractivity contribution in [2.75, 3.05) is 31.1 Å². The molecule has 0 aliphatic carbocycles. The third-order valence-corrected chi connectivity index (χ3v) is 4.58. The van der Waals surface area contributed by atoms with Gasteiger partial charge in [0.05, 0.1) is 0 Å². The van der Waals surface area contributed by atoms with Crippen molar-refractivity contribution in [1.82, 2.24) is 10.2 Å². The maximum absolute atomic E-state index is 12.3. The molecule has 1 aliphatic heterocycles. The quantitative estimate of drug-likeness (QED) is 0.854. The lowest BCUT2D eigenvalue weighted by atomic mass is 10.1. The van der Waals surface area contributed by atoms with Crippen LogP contribution in [0.2, 0.25) is 0 Å². The monoisotopic (exact) mass is 339 g/mol. The molecule has 3 rings (SSSR count). The Morgan fingerprint density at radius 2 is 1.58 bits per heavy atom. The van der Waals surface area contributed by atoms with Crippen LogP contribution >= 0.6 is 12.2 Å². The molecule has 24 heavy (non-hydrogen) atoms. The average molecular weight is 339 g/mol. The van der Waals surface area contributed by atoms with E-state index in [4.69, 9.17) is 12.2 Å². The van der Waals surface area contributed by atoms with Crippen molar-refractivity contribution in [1.29, 1.82) is 0 Å². The molecular formula is C19H21N3OS. The van der Waals surface area contributed by atoms with Crippen molar-refractivity contribution in [2.24, 2.45) is 0 Å². The number of piperazine rings is 1. The molecule has 1 heterocycles. The second kappa shape index (κ2) is 7.45. The predicted molar refractivity (Wildman–Crippen MR) is 101 cm³/mol. The maximum Gasteiger partial charge on any atom is 0.257 e. The first kappa shape index (κ1) is 16.5. The molecule has 0 spiro atoms. The van der Waals surface area contributed by atoms with Crippen LogP contribution in [0.5, 0.6) is 0 Å². The first-order valence-electron chi connectivity index (χ1n) is 8.10. The number of nitrogens with zero attached hydrogens (tertiary/aromatic N) is 2. The number of amides is 1. The fourth-order valence-electron chi connectivity index (χ4n) is 2.76. The van der Waals surface area contributed by atoms with Gasteiger partial charge in [-0.05, 0) is 43.4 Å². The van der Waals surface area contributed by atoms with E-state index in [1.54, 1.807) is 0 Å². The SMILES string of the molecule is Cc1ccc(C(=O)NC(=S)N2CCN(c3ccccc3)CC2)cc1. The van der Waals surface area contributed by atoms with Crippen molar-refractivity contribution in [2.45, 2.75) is 6.92 Å². The van der Waals surface area contributed by atoms with E-state index in [-0.39, 0.29) is 5.91 Å². The Morgan fingerprint density at radius 3 is 2.21 bits per heavy atom. The van der Waals surface area contributed by atoms with Crippen molar-refractivity contribution in [3.05, 3.63) is 65.7 Å². The van der Waals surface area contributed by atoms with Crippen molar-refractivity contribution < 1.29 is 4.79 Å². The molecule has 124 valence electrons. The Balaban J connectivity index is 1.53. The van der Waals surface area contributed by atoms with Crippen LogP contribution in [0.3, 0.4) is 0 Å². The van der Waals surface area contributed by atoms with E-state index in [1.807, 2.05) is 49.4 Å². The van der Waals surface area contributed by atoms with Crippen LogP contribution in [0.25, 0.3) is 0 Å². The highest BCUT2D eigenvalue weighted by Crippen LogP contribution is 2.15. The van der Waals surface area contributed by atoms with Gasteiger partial charge >= 0.3 is 0 Å². The molecule has 0 bridgehead atoms. The number of nitrogens with one attached hydrogen (secondary N) is 1. The fraction of sp³-hybridized carbons (Fsp3) is 0.263. The number of carbonyl (C=O) groups excluding carboxylic acids is 1. The molecule has 2 aromatic rings. The van der Waals surface area contributed by atoms with E-state index in [0.717, 1.165) is 31.7 Å². The number of anilines is 1. The predicted octanol–water partition coefficient (Wildman–Crippen LogP) is 2.83. The van der Waals surface area contributed by atoms with Gasteiger partial charge in [-0.3, -0.25) is 10.1 Å². The van der Waals surface area contributed by atoms with Crippen LogP contribution in [0.15, 0.2) is 54.6 Å². The third kappa shape index (κ3) is 3.92. The Kier molecular flexibility index (Phi) is 5.11. The Morgan fingerprint density at radius 1 is 0.958 bits per heavy atom. The summed E-state index contributed by atoms with van der Waals surface area (Å²) >= 11 is 5.41. The minimum atomic E-state index is -0.148. The Labute approximate surface area is 148 Å². The van der Waals surface area contributed by atoms with Crippen LogP contribution in [-0.2, 0) is 0 Å². The lowest BCUT2D eigenvalue weighted by Crippen LogP contribution is -2.52. The summed E-state index contributed by atoms with van der Waals surface area (Å²) in [7, 11) is 0. The summed E-state index contributed by atoms with van der Waals surface area (Å²) in [5, 5.41) is 3.35. The van der Waals surface area contributed by atoms with Gasteiger partial charge in [-0.25, -0.2) is 0 Å². The van der Waals surface area contributed by atoms with E-state index < -0.39 is 0 Å². The summed E-state index contributed by atoms with van der Waals surface area (Å²) in [6.07, 6.45) is 0. The molecule has 4 nitrogen and oxygen atoms in total. The van der Waals surface area contributed by atoms with Gasteiger partial charge in [-0.2, -0.15) is 0 Å².